The van der Waals surface area contributed by atoms with Crippen molar-refractivity contribution in [3.63, 3.8) is 0 Å². The van der Waals surface area contributed by atoms with Crippen LogP contribution in [0.4, 0.5) is 0 Å². The lowest BCUT2D eigenvalue weighted by molar-refractivity contribution is -0.125. The quantitative estimate of drug-likeness (QED) is 0.805. The molecule has 110 valence electrons. The summed E-state index contributed by atoms with van der Waals surface area (Å²) < 4.78 is 0. The van der Waals surface area contributed by atoms with Crippen molar-refractivity contribution >= 4 is 17.7 Å². The van der Waals surface area contributed by atoms with Gasteiger partial charge in [-0.15, -0.1) is 0 Å². The van der Waals surface area contributed by atoms with E-state index in [0.717, 1.165) is 30.9 Å². The normalized spacial score (nSPS) is 16.1. The summed E-state index contributed by atoms with van der Waals surface area (Å²) in [6, 6.07) is 8.63. The number of nitrogens with one attached hydrogen (secondary N) is 1. The van der Waals surface area contributed by atoms with Gasteiger partial charge in [-0.05, 0) is 25.3 Å². The average Bonchev–Trinajstić information content (AvgIpc) is 2.48. The van der Waals surface area contributed by atoms with Crippen LogP contribution in [-0.2, 0) is 10.5 Å². The standard InChI is InChI=1S/C17H25NOS/c1-14-6-5-7-15(12-14)13-20-11-10-18-17(19)16-8-3-2-4-9-16/h5-7,12,16H,2-4,8-11,13H2,1H3,(H,18,19). The van der Waals surface area contributed by atoms with E-state index in [0.29, 0.717) is 0 Å². The number of benzene rings is 1. The Bertz CT molecular complexity index is 427. The lowest BCUT2D eigenvalue weighted by Gasteiger charge is -2.20. The molecule has 1 amide bonds. The summed E-state index contributed by atoms with van der Waals surface area (Å²) in [6.07, 6.45) is 5.92. The Morgan fingerprint density at radius 1 is 1.30 bits per heavy atom. The van der Waals surface area contributed by atoms with Crippen molar-refractivity contribution in [2.24, 2.45) is 5.92 Å². The molecule has 0 saturated heterocycles. The second kappa shape index (κ2) is 8.35. The van der Waals surface area contributed by atoms with Crippen LogP contribution < -0.4 is 5.32 Å². The Morgan fingerprint density at radius 3 is 2.85 bits per heavy atom. The van der Waals surface area contributed by atoms with Gasteiger partial charge in [0.1, 0.15) is 0 Å². The molecule has 1 aromatic carbocycles. The minimum absolute atomic E-state index is 0.279. The van der Waals surface area contributed by atoms with E-state index in [9.17, 15) is 4.79 Å². The Balaban J connectivity index is 1.58. The zero-order chi connectivity index (χ0) is 14.2. The van der Waals surface area contributed by atoms with Crippen molar-refractivity contribution in [1.82, 2.24) is 5.32 Å². The molecule has 0 unspecified atom stereocenters. The molecule has 2 rings (SSSR count). The molecule has 1 aliphatic rings. The molecule has 0 spiro atoms. The first-order valence-electron chi connectivity index (χ1n) is 7.67. The van der Waals surface area contributed by atoms with Gasteiger partial charge in [-0.1, -0.05) is 49.1 Å². The van der Waals surface area contributed by atoms with Crippen LogP contribution in [0.2, 0.25) is 0 Å². The molecule has 1 saturated carbocycles. The molecule has 3 heteroatoms. The first-order valence-corrected chi connectivity index (χ1v) is 8.82. The van der Waals surface area contributed by atoms with E-state index in [1.54, 1.807) is 0 Å². The van der Waals surface area contributed by atoms with Crippen LogP contribution in [0.3, 0.4) is 0 Å². The lowest BCUT2D eigenvalue weighted by Crippen LogP contribution is -2.33. The highest BCUT2D eigenvalue weighted by atomic mass is 32.2. The third kappa shape index (κ3) is 5.20. The Kier molecular flexibility index (Phi) is 6.44. The van der Waals surface area contributed by atoms with Gasteiger partial charge < -0.3 is 5.32 Å². The first kappa shape index (κ1) is 15.4. The van der Waals surface area contributed by atoms with Crippen LogP contribution in [0.25, 0.3) is 0 Å². The van der Waals surface area contributed by atoms with Crippen LogP contribution in [0, 0.1) is 12.8 Å². The zero-order valence-corrected chi connectivity index (χ0v) is 13.2. The van der Waals surface area contributed by atoms with Crippen molar-refractivity contribution in [3.8, 4) is 0 Å². The summed E-state index contributed by atoms with van der Waals surface area (Å²) in [5.74, 6) is 2.58. The van der Waals surface area contributed by atoms with Crippen molar-refractivity contribution in [1.29, 1.82) is 0 Å². The number of hydrogen-bond acceptors (Lipinski definition) is 2. The van der Waals surface area contributed by atoms with Crippen molar-refractivity contribution in [2.75, 3.05) is 12.3 Å². The molecule has 0 bridgehead atoms. The molecule has 0 heterocycles. The molecule has 1 N–H and O–H groups in total. The van der Waals surface area contributed by atoms with Crippen LogP contribution in [-0.4, -0.2) is 18.2 Å². The summed E-state index contributed by atoms with van der Waals surface area (Å²) in [6.45, 7) is 2.92. The van der Waals surface area contributed by atoms with Gasteiger partial charge in [0.2, 0.25) is 5.91 Å². The highest BCUT2D eigenvalue weighted by Gasteiger charge is 2.20. The third-order valence-corrected chi connectivity index (χ3v) is 4.90. The van der Waals surface area contributed by atoms with E-state index in [1.165, 1.54) is 30.4 Å². The SMILES string of the molecule is Cc1cccc(CSCCNC(=O)C2CCCCC2)c1. The number of amides is 1. The smallest absolute Gasteiger partial charge is 0.223 e. The van der Waals surface area contributed by atoms with Gasteiger partial charge in [-0.3, -0.25) is 4.79 Å². The van der Waals surface area contributed by atoms with Crippen LogP contribution in [0.5, 0.6) is 0 Å². The molecule has 0 aromatic heterocycles. The highest BCUT2D eigenvalue weighted by Crippen LogP contribution is 2.23. The highest BCUT2D eigenvalue weighted by molar-refractivity contribution is 7.98. The molecule has 2 nitrogen and oxygen atoms in total. The average molecular weight is 291 g/mol. The second-order valence-corrected chi connectivity index (χ2v) is 6.77. The maximum Gasteiger partial charge on any atom is 0.223 e. The van der Waals surface area contributed by atoms with Crippen LogP contribution >= 0.6 is 11.8 Å². The number of hydrogen-bond donors (Lipinski definition) is 1. The Labute approximate surface area is 126 Å². The number of aryl methyl sites for hydroxylation is 1. The summed E-state index contributed by atoms with van der Waals surface area (Å²) in [7, 11) is 0. The molecule has 0 atom stereocenters. The summed E-state index contributed by atoms with van der Waals surface area (Å²) in [4.78, 5) is 12.0. The molecule has 0 radical (unpaired) electrons. The second-order valence-electron chi connectivity index (χ2n) is 5.67. The first-order chi connectivity index (χ1) is 9.75. The van der Waals surface area contributed by atoms with Gasteiger partial charge in [0.15, 0.2) is 0 Å². The fourth-order valence-electron chi connectivity index (χ4n) is 2.75. The maximum atomic E-state index is 12.0. The topological polar surface area (TPSA) is 29.1 Å². The van der Waals surface area contributed by atoms with Crippen molar-refractivity contribution in [3.05, 3.63) is 35.4 Å². The van der Waals surface area contributed by atoms with E-state index >= 15 is 0 Å². The molecule has 0 aliphatic heterocycles. The van der Waals surface area contributed by atoms with E-state index in [2.05, 4.69) is 36.5 Å². The Morgan fingerprint density at radius 2 is 2.10 bits per heavy atom. The Hall–Kier alpha value is -0.960. The fraction of sp³-hybridized carbons (Fsp3) is 0.588. The van der Waals surface area contributed by atoms with Gasteiger partial charge in [0, 0.05) is 24.0 Å². The van der Waals surface area contributed by atoms with Crippen molar-refractivity contribution in [2.45, 2.75) is 44.8 Å². The number of carbonyl (C=O) groups is 1. The molecular weight excluding hydrogens is 266 g/mol. The summed E-state index contributed by atoms with van der Waals surface area (Å²) in [5, 5.41) is 3.09. The zero-order valence-electron chi connectivity index (χ0n) is 12.4. The van der Waals surface area contributed by atoms with Gasteiger partial charge in [0.25, 0.3) is 0 Å². The lowest BCUT2D eigenvalue weighted by atomic mass is 9.89. The fourth-order valence-corrected chi connectivity index (χ4v) is 3.55. The predicted molar refractivity (Wildman–Crippen MR) is 86.9 cm³/mol. The maximum absolute atomic E-state index is 12.0. The largest absolute Gasteiger partial charge is 0.355 e. The predicted octanol–water partition coefficient (Wildman–Crippen LogP) is 3.92. The van der Waals surface area contributed by atoms with E-state index in [-0.39, 0.29) is 11.8 Å². The van der Waals surface area contributed by atoms with Gasteiger partial charge in [0.05, 0.1) is 0 Å². The minimum atomic E-state index is 0.279. The van der Waals surface area contributed by atoms with E-state index in [4.69, 9.17) is 0 Å². The summed E-state index contributed by atoms with van der Waals surface area (Å²) >= 11 is 1.89. The molecule has 20 heavy (non-hydrogen) atoms. The van der Waals surface area contributed by atoms with E-state index in [1.807, 2.05) is 11.8 Å². The molecule has 1 fully saturated rings. The van der Waals surface area contributed by atoms with Crippen molar-refractivity contribution < 1.29 is 4.79 Å². The monoisotopic (exact) mass is 291 g/mol. The van der Waals surface area contributed by atoms with Crippen LogP contribution in [0.15, 0.2) is 24.3 Å². The number of thioether (sulfide) groups is 1. The van der Waals surface area contributed by atoms with Crippen LogP contribution in [0.1, 0.15) is 43.2 Å². The molecular formula is C17H25NOS. The number of carbonyl (C=O) groups excluding carboxylic acids is 1. The third-order valence-electron chi connectivity index (χ3n) is 3.87. The van der Waals surface area contributed by atoms with E-state index < -0.39 is 0 Å². The number of rotatable bonds is 6. The van der Waals surface area contributed by atoms with Gasteiger partial charge >= 0.3 is 0 Å². The molecule has 1 aliphatic carbocycles. The summed E-state index contributed by atoms with van der Waals surface area (Å²) in [5.41, 5.74) is 2.68. The van der Waals surface area contributed by atoms with Gasteiger partial charge in [-0.25, -0.2) is 0 Å². The molecule has 1 aromatic rings. The minimum Gasteiger partial charge on any atom is -0.355 e. The van der Waals surface area contributed by atoms with Gasteiger partial charge in [-0.2, -0.15) is 11.8 Å².